The van der Waals surface area contributed by atoms with Gasteiger partial charge < -0.3 is 9.84 Å². The normalized spacial score (nSPS) is 51.1. The summed E-state index contributed by atoms with van der Waals surface area (Å²) in [4.78, 5) is 11.3. The van der Waals surface area contributed by atoms with Crippen LogP contribution in [0.15, 0.2) is 12.7 Å². The number of halogens is 2. The molecule has 0 heterocycles. The second-order valence-corrected chi connectivity index (χ2v) is 11.5. The van der Waals surface area contributed by atoms with Crippen molar-refractivity contribution in [2.24, 2.45) is 5.41 Å². The fraction of sp³-hybridized carbons (Fsp3) is 0.786. The predicted molar refractivity (Wildman–Crippen MR) is 89.7 cm³/mol. The van der Waals surface area contributed by atoms with Crippen LogP contribution in [0.3, 0.4) is 0 Å². The highest BCUT2D eigenvalue weighted by Gasteiger charge is 2.67. The molecule has 0 aromatic heterocycles. The lowest BCUT2D eigenvalue weighted by Gasteiger charge is -2.66. The summed E-state index contributed by atoms with van der Waals surface area (Å²) in [5.41, 5.74) is -0.595. The summed E-state index contributed by atoms with van der Waals surface area (Å²) in [5.74, 6) is -0.354. The van der Waals surface area contributed by atoms with Crippen LogP contribution in [0.4, 0.5) is 0 Å². The number of alkyl halides is 2. The molecule has 4 aliphatic rings. The van der Waals surface area contributed by atoms with Crippen LogP contribution in [-0.2, 0) is 9.53 Å². The second-order valence-electron chi connectivity index (χ2n) is 6.90. The van der Waals surface area contributed by atoms with Gasteiger partial charge in [0.15, 0.2) is 0 Å². The number of carbonyl (C=O) groups is 1. The van der Waals surface area contributed by atoms with Gasteiger partial charge in [0.1, 0.15) is 0 Å². The van der Waals surface area contributed by atoms with Crippen LogP contribution >= 0.6 is 45.2 Å². The van der Waals surface area contributed by atoms with Gasteiger partial charge in [0.2, 0.25) is 0 Å². The zero-order valence-electron chi connectivity index (χ0n) is 10.8. The summed E-state index contributed by atoms with van der Waals surface area (Å²) in [6.45, 7) is 3.87. The molecular weight excluding hydrogens is 470 g/mol. The van der Waals surface area contributed by atoms with Gasteiger partial charge in [-0.3, -0.25) is 0 Å². The monoisotopic (exact) mass is 488 g/mol. The summed E-state index contributed by atoms with van der Waals surface area (Å²) >= 11 is 5.07. The third kappa shape index (κ3) is 2.59. The average Bonchev–Trinajstić information content (AvgIpc) is 2.19. The van der Waals surface area contributed by atoms with E-state index < -0.39 is 5.60 Å². The van der Waals surface area contributed by atoms with Crippen molar-refractivity contribution in [2.45, 2.75) is 51.0 Å². The number of rotatable bonds is 3. The molecule has 0 amide bonds. The molecule has 1 N–H and O–H groups in total. The number of hydrogen-bond acceptors (Lipinski definition) is 3. The Morgan fingerprint density at radius 2 is 1.74 bits per heavy atom. The molecule has 2 atom stereocenters. The third-order valence-corrected chi connectivity index (χ3v) is 6.99. The van der Waals surface area contributed by atoms with E-state index in [4.69, 9.17) is 4.74 Å². The Hall–Kier alpha value is 0.630. The van der Waals surface area contributed by atoms with Crippen molar-refractivity contribution in [3.63, 3.8) is 0 Å². The van der Waals surface area contributed by atoms with Crippen LogP contribution in [0.5, 0.6) is 0 Å². The molecule has 0 spiro atoms. The van der Waals surface area contributed by atoms with Gasteiger partial charge >= 0.3 is 5.97 Å². The van der Waals surface area contributed by atoms with Crippen molar-refractivity contribution < 1.29 is 14.6 Å². The molecule has 4 bridgehead atoms. The standard InChI is InChI=1S/C14H18I2O3/c1-2-10(17)19-9-11-3-12(15)6-13(16,4-11)8-14(18,5-11)7-12/h2,18H,1,3-9H2. The van der Waals surface area contributed by atoms with Gasteiger partial charge in [-0.25, -0.2) is 4.79 Å². The minimum Gasteiger partial charge on any atom is -0.462 e. The van der Waals surface area contributed by atoms with Crippen molar-refractivity contribution in [3.05, 3.63) is 12.7 Å². The summed E-state index contributed by atoms with van der Waals surface area (Å²) in [7, 11) is 0. The lowest BCUT2D eigenvalue weighted by Crippen LogP contribution is -2.66. The van der Waals surface area contributed by atoms with Gasteiger partial charge in [-0.1, -0.05) is 51.8 Å². The van der Waals surface area contributed by atoms with Crippen LogP contribution in [0.1, 0.15) is 38.5 Å². The van der Waals surface area contributed by atoms with Crippen LogP contribution in [-0.4, -0.2) is 30.1 Å². The molecule has 0 aromatic rings. The summed E-state index contributed by atoms with van der Waals surface area (Å²) in [6, 6.07) is 0. The molecule has 4 aliphatic carbocycles. The Kier molecular flexibility index (Phi) is 3.31. The molecule has 2 unspecified atom stereocenters. The predicted octanol–water partition coefficient (Wildman–Crippen LogP) is 3.16. The highest BCUT2D eigenvalue weighted by atomic mass is 127. The third-order valence-electron chi connectivity index (χ3n) is 4.70. The van der Waals surface area contributed by atoms with Crippen molar-refractivity contribution in [1.29, 1.82) is 0 Å². The maximum absolute atomic E-state index is 11.3. The SMILES string of the molecule is C=CC(=O)OCC12CC3(O)CC(I)(CC(I)(C3)C1)C2. The first-order valence-corrected chi connectivity index (χ1v) is 8.75. The van der Waals surface area contributed by atoms with Gasteiger partial charge in [-0.05, 0) is 38.5 Å². The van der Waals surface area contributed by atoms with E-state index in [2.05, 4.69) is 51.8 Å². The second kappa shape index (κ2) is 4.32. The van der Waals surface area contributed by atoms with Gasteiger partial charge in [0, 0.05) is 18.3 Å². The van der Waals surface area contributed by atoms with Crippen LogP contribution < -0.4 is 0 Å². The molecule has 106 valence electrons. The lowest BCUT2D eigenvalue weighted by atomic mass is 9.48. The summed E-state index contributed by atoms with van der Waals surface area (Å²) in [6.07, 6.45) is 7.05. The fourth-order valence-corrected chi connectivity index (χ4v) is 10.2. The quantitative estimate of drug-likeness (QED) is 0.288. The van der Waals surface area contributed by atoms with Crippen molar-refractivity contribution >= 4 is 51.2 Å². The highest BCUT2D eigenvalue weighted by Crippen LogP contribution is 2.69. The summed E-state index contributed by atoms with van der Waals surface area (Å²) < 4.78 is 5.68. The molecule has 4 saturated carbocycles. The first-order chi connectivity index (χ1) is 8.70. The zero-order valence-corrected chi connectivity index (χ0v) is 15.1. The molecule has 19 heavy (non-hydrogen) atoms. The van der Waals surface area contributed by atoms with Gasteiger partial charge in [-0.15, -0.1) is 0 Å². The summed E-state index contributed by atoms with van der Waals surface area (Å²) in [5, 5.41) is 10.9. The first kappa shape index (κ1) is 14.6. The first-order valence-electron chi connectivity index (χ1n) is 6.59. The van der Waals surface area contributed by atoms with Gasteiger partial charge in [-0.2, -0.15) is 0 Å². The Morgan fingerprint density at radius 3 is 2.21 bits per heavy atom. The number of carbonyl (C=O) groups excluding carboxylic acids is 1. The molecule has 0 aliphatic heterocycles. The van der Waals surface area contributed by atoms with E-state index in [1.807, 2.05) is 0 Å². The molecular formula is C14H18I2O3. The van der Waals surface area contributed by atoms with E-state index in [0.29, 0.717) is 6.61 Å². The Balaban J connectivity index is 1.86. The molecule has 3 nitrogen and oxygen atoms in total. The van der Waals surface area contributed by atoms with E-state index >= 15 is 0 Å². The Morgan fingerprint density at radius 1 is 1.16 bits per heavy atom. The topological polar surface area (TPSA) is 46.5 Å². The highest BCUT2D eigenvalue weighted by molar-refractivity contribution is 14.1. The largest absolute Gasteiger partial charge is 0.462 e. The minimum atomic E-state index is -0.558. The molecule has 0 saturated heterocycles. The van der Waals surface area contributed by atoms with Crippen LogP contribution in [0.2, 0.25) is 0 Å². The van der Waals surface area contributed by atoms with Crippen molar-refractivity contribution in [3.8, 4) is 0 Å². The maximum atomic E-state index is 11.3. The molecule has 4 fully saturated rings. The number of ether oxygens (including phenoxy) is 1. The molecule has 5 heteroatoms. The van der Waals surface area contributed by atoms with E-state index in [0.717, 1.165) is 32.1 Å². The van der Waals surface area contributed by atoms with Gasteiger partial charge in [0.05, 0.1) is 12.2 Å². The zero-order chi connectivity index (χ0) is 13.9. The number of aliphatic hydroxyl groups is 1. The van der Waals surface area contributed by atoms with E-state index in [9.17, 15) is 9.90 Å². The Labute approximate surface area is 140 Å². The van der Waals surface area contributed by atoms with Crippen LogP contribution in [0, 0.1) is 5.41 Å². The van der Waals surface area contributed by atoms with E-state index in [1.54, 1.807) is 0 Å². The molecule has 0 aromatic carbocycles. The molecule has 4 rings (SSSR count). The molecule has 0 radical (unpaired) electrons. The average molecular weight is 488 g/mol. The lowest BCUT2D eigenvalue weighted by molar-refractivity contribution is -0.167. The number of hydrogen-bond donors (Lipinski definition) is 1. The maximum Gasteiger partial charge on any atom is 0.330 e. The van der Waals surface area contributed by atoms with Gasteiger partial charge in [0.25, 0.3) is 0 Å². The van der Waals surface area contributed by atoms with Crippen molar-refractivity contribution in [1.82, 2.24) is 0 Å². The van der Waals surface area contributed by atoms with E-state index in [-0.39, 0.29) is 18.2 Å². The number of esters is 1. The Bertz CT molecular complexity index is 394. The smallest absolute Gasteiger partial charge is 0.330 e. The fourth-order valence-electron chi connectivity index (χ4n) is 4.98. The van der Waals surface area contributed by atoms with Crippen LogP contribution in [0.25, 0.3) is 0 Å². The van der Waals surface area contributed by atoms with Crippen molar-refractivity contribution in [2.75, 3.05) is 6.61 Å². The van der Waals surface area contributed by atoms with E-state index in [1.165, 1.54) is 12.5 Å². The minimum absolute atomic E-state index is 0.0372.